The Morgan fingerprint density at radius 2 is 2.32 bits per heavy atom. The maximum atomic E-state index is 12.5. The number of thioether (sulfide) groups is 1. The van der Waals surface area contributed by atoms with Gasteiger partial charge in [0.2, 0.25) is 0 Å². The Labute approximate surface area is 149 Å². The monoisotopic (exact) mass is 383 g/mol. The highest BCUT2D eigenvalue weighted by molar-refractivity contribution is 8.00. The summed E-state index contributed by atoms with van der Waals surface area (Å²) in [7, 11) is 1.29. The van der Waals surface area contributed by atoms with Gasteiger partial charge in [-0.15, -0.1) is 11.8 Å². The van der Waals surface area contributed by atoms with Gasteiger partial charge in [-0.25, -0.2) is 9.78 Å². The lowest BCUT2D eigenvalue weighted by Crippen LogP contribution is -2.70. The van der Waals surface area contributed by atoms with E-state index >= 15 is 0 Å². The molecule has 2 amide bonds. The van der Waals surface area contributed by atoms with E-state index in [9.17, 15) is 14.4 Å². The number of carbonyl (C=O) groups is 3. The van der Waals surface area contributed by atoms with Gasteiger partial charge in [-0.05, 0) is 6.08 Å². The largest absolute Gasteiger partial charge is 0.477 e. The summed E-state index contributed by atoms with van der Waals surface area (Å²) >= 11 is 2.42. The van der Waals surface area contributed by atoms with Gasteiger partial charge in [0.15, 0.2) is 10.8 Å². The summed E-state index contributed by atoms with van der Waals surface area (Å²) in [5.41, 5.74) is 5.43. The molecule has 1 saturated heterocycles. The summed E-state index contributed by atoms with van der Waals surface area (Å²) in [4.78, 5) is 46.0. The minimum Gasteiger partial charge on any atom is -0.477 e. The van der Waals surface area contributed by atoms with Gasteiger partial charge < -0.3 is 21.0 Å². The number of rotatable bonds is 5. The fourth-order valence-corrected chi connectivity index (χ4v) is 4.29. The Morgan fingerprint density at radius 3 is 2.92 bits per heavy atom. The number of nitrogens with two attached hydrogens (primary N) is 1. The zero-order chi connectivity index (χ0) is 18.1. The number of carboxylic acids is 1. The van der Waals surface area contributed by atoms with Gasteiger partial charge in [-0.1, -0.05) is 16.5 Å². The van der Waals surface area contributed by atoms with Gasteiger partial charge in [0.05, 0.1) is 4.88 Å². The van der Waals surface area contributed by atoms with Crippen LogP contribution in [0, 0.1) is 0 Å². The molecule has 2 aliphatic rings. The van der Waals surface area contributed by atoms with Crippen LogP contribution in [0.4, 0.5) is 5.13 Å². The van der Waals surface area contributed by atoms with E-state index in [-0.39, 0.29) is 16.5 Å². The fraction of sp³-hybridized carbons (Fsp3) is 0.308. The third kappa shape index (κ3) is 3.05. The predicted octanol–water partition coefficient (Wildman–Crippen LogP) is -0.556. The molecule has 0 bridgehead atoms. The van der Waals surface area contributed by atoms with E-state index in [1.807, 2.05) is 0 Å². The van der Waals surface area contributed by atoms with Crippen molar-refractivity contribution in [1.82, 2.24) is 15.2 Å². The number of aromatic nitrogens is 1. The molecule has 1 fully saturated rings. The third-order valence-electron chi connectivity index (χ3n) is 3.51. The van der Waals surface area contributed by atoms with E-state index < -0.39 is 29.2 Å². The minimum absolute atomic E-state index is 0.0576. The van der Waals surface area contributed by atoms with Crippen molar-refractivity contribution >= 4 is 51.7 Å². The van der Waals surface area contributed by atoms with Crippen LogP contribution in [0.15, 0.2) is 23.1 Å². The van der Waals surface area contributed by atoms with Crippen molar-refractivity contribution in [3.8, 4) is 0 Å². The van der Waals surface area contributed by atoms with Gasteiger partial charge >= 0.3 is 5.97 Å². The lowest BCUT2D eigenvalue weighted by molar-refractivity contribution is -0.150. The summed E-state index contributed by atoms with van der Waals surface area (Å²) < 4.78 is 0. The highest BCUT2D eigenvalue weighted by Gasteiger charge is 2.53. The molecule has 0 saturated carbocycles. The number of fused-ring (bicyclic) bond motifs is 1. The summed E-state index contributed by atoms with van der Waals surface area (Å²) in [5.74, 6) is -1.85. The van der Waals surface area contributed by atoms with E-state index in [1.165, 1.54) is 36.0 Å². The molecule has 0 radical (unpaired) electrons. The van der Waals surface area contributed by atoms with Crippen molar-refractivity contribution < 1.29 is 24.3 Å². The second-order valence-corrected chi connectivity index (χ2v) is 7.17. The molecule has 2 aliphatic heterocycles. The number of hydrogen-bond donors (Lipinski definition) is 3. The summed E-state index contributed by atoms with van der Waals surface area (Å²) in [6.07, 6.45) is 2.85. The lowest BCUT2D eigenvalue weighted by atomic mass is 10.0. The van der Waals surface area contributed by atoms with E-state index in [0.29, 0.717) is 10.6 Å². The van der Waals surface area contributed by atoms with E-state index in [1.54, 1.807) is 0 Å². The van der Waals surface area contributed by atoms with Crippen LogP contribution in [0.25, 0.3) is 0 Å². The third-order valence-corrected chi connectivity index (χ3v) is 5.52. The average molecular weight is 383 g/mol. The summed E-state index contributed by atoms with van der Waals surface area (Å²) in [5, 5.41) is 15.2. The van der Waals surface area contributed by atoms with Crippen LogP contribution in [0.1, 0.15) is 4.88 Å². The molecule has 2 atom stereocenters. The van der Waals surface area contributed by atoms with Crippen LogP contribution in [-0.4, -0.2) is 62.8 Å². The minimum atomic E-state index is -1.18. The van der Waals surface area contributed by atoms with Crippen LogP contribution in [-0.2, 0) is 19.2 Å². The highest BCUT2D eigenvalue weighted by atomic mass is 32.2. The molecule has 12 heteroatoms. The van der Waals surface area contributed by atoms with Crippen LogP contribution in [0.3, 0.4) is 0 Å². The number of aliphatic carboxylic acids is 1. The molecule has 25 heavy (non-hydrogen) atoms. The van der Waals surface area contributed by atoms with Crippen molar-refractivity contribution in [2.45, 2.75) is 11.4 Å². The molecule has 0 unspecified atom stereocenters. The number of oxime groups is 1. The molecule has 3 rings (SSSR count). The lowest BCUT2D eigenvalue weighted by Gasteiger charge is -2.48. The summed E-state index contributed by atoms with van der Waals surface area (Å²) in [6.45, 7) is 0. The van der Waals surface area contributed by atoms with Crippen molar-refractivity contribution in [1.29, 1.82) is 0 Å². The van der Waals surface area contributed by atoms with Crippen LogP contribution in [0.5, 0.6) is 0 Å². The number of nitrogens with one attached hydrogen (secondary N) is 1. The first-order chi connectivity index (χ1) is 11.9. The number of β-lactam (4-membered cyclic amide) rings is 1. The van der Waals surface area contributed by atoms with Crippen molar-refractivity contribution in [3.05, 3.63) is 22.8 Å². The molecular weight excluding hydrogens is 370 g/mol. The first kappa shape index (κ1) is 17.2. The SMILES string of the molecule is CO/N=C(/C(=O)N[C@@H]1C(=O)N2C(C(=O)O)=CCS[C@H]12)c1cnc(N)s1. The van der Waals surface area contributed by atoms with E-state index in [4.69, 9.17) is 10.8 Å². The van der Waals surface area contributed by atoms with Gasteiger partial charge in [0.1, 0.15) is 24.2 Å². The van der Waals surface area contributed by atoms with Crippen LogP contribution < -0.4 is 11.1 Å². The van der Waals surface area contributed by atoms with E-state index in [2.05, 4.69) is 20.3 Å². The number of carbonyl (C=O) groups excluding carboxylic acids is 2. The molecule has 0 aliphatic carbocycles. The van der Waals surface area contributed by atoms with Gasteiger partial charge in [-0.3, -0.25) is 14.5 Å². The molecule has 3 heterocycles. The fourth-order valence-electron chi connectivity index (χ4n) is 2.43. The van der Waals surface area contributed by atoms with Gasteiger partial charge in [-0.2, -0.15) is 0 Å². The number of nitrogens with zero attached hydrogens (tertiary/aromatic N) is 3. The second-order valence-electron chi connectivity index (χ2n) is 4.96. The normalized spacial score (nSPS) is 22.6. The van der Waals surface area contributed by atoms with Crippen molar-refractivity contribution in [3.63, 3.8) is 0 Å². The molecular formula is C13H13N5O5S2. The first-order valence-electron chi connectivity index (χ1n) is 6.96. The Kier molecular flexibility index (Phi) is 4.63. The Morgan fingerprint density at radius 1 is 1.56 bits per heavy atom. The standard InChI is InChI=1S/C13H13N5O5S2/c1-23-17-7(6-4-15-13(14)25-6)9(19)16-8-10(20)18-5(12(21)22)2-3-24-11(8)18/h2,4,8,11H,3H2,1H3,(H2,14,15)(H,16,19)(H,21,22)/b17-7+/t8-,11-/m1/s1. The second kappa shape index (κ2) is 6.72. The molecule has 0 aromatic carbocycles. The van der Waals surface area contributed by atoms with Crippen molar-refractivity contribution in [2.24, 2.45) is 5.16 Å². The first-order valence-corrected chi connectivity index (χ1v) is 8.82. The summed E-state index contributed by atoms with van der Waals surface area (Å²) in [6, 6.07) is -0.840. The Balaban J connectivity index is 1.75. The van der Waals surface area contributed by atoms with Crippen LogP contribution in [0.2, 0.25) is 0 Å². The number of amides is 2. The molecule has 10 nitrogen and oxygen atoms in total. The number of hydrogen-bond acceptors (Lipinski definition) is 9. The topological polar surface area (TPSA) is 147 Å². The molecule has 4 N–H and O–H groups in total. The smallest absolute Gasteiger partial charge is 0.352 e. The maximum Gasteiger partial charge on any atom is 0.352 e. The Bertz CT molecular complexity index is 804. The molecule has 1 aromatic heterocycles. The number of carboxylic acid groups (broad SMARTS) is 1. The zero-order valence-electron chi connectivity index (χ0n) is 12.8. The number of thiazole rings is 1. The quantitative estimate of drug-likeness (QED) is 0.348. The van der Waals surface area contributed by atoms with Crippen LogP contribution >= 0.6 is 23.1 Å². The maximum absolute atomic E-state index is 12.5. The highest BCUT2D eigenvalue weighted by Crippen LogP contribution is 2.37. The average Bonchev–Trinajstić information content (AvgIpc) is 3.02. The Hall–Kier alpha value is -2.60. The zero-order valence-corrected chi connectivity index (χ0v) is 14.5. The molecule has 1 aromatic rings. The van der Waals surface area contributed by atoms with Gasteiger partial charge in [0.25, 0.3) is 11.8 Å². The molecule has 132 valence electrons. The predicted molar refractivity (Wildman–Crippen MR) is 90.8 cm³/mol. The van der Waals surface area contributed by atoms with Crippen molar-refractivity contribution in [2.75, 3.05) is 18.6 Å². The number of nitrogen functional groups attached to an aromatic ring is 1. The molecule has 0 spiro atoms. The van der Waals surface area contributed by atoms with Gasteiger partial charge in [0, 0.05) is 11.9 Å². The number of anilines is 1. The van der Waals surface area contributed by atoms with E-state index in [0.717, 1.165) is 11.3 Å².